The third-order valence-electron chi connectivity index (χ3n) is 8.91. The molecule has 0 saturated heterocycles. The standard InChI is InChI=1S/C33H39NO7/c1-40-33-31-21-9-11-24(27(37)16-23(35)10-7-20-8-12-26(36)29(14-20)41-18-34)30(25(31)17-28(38)32(33)39)22(15-21)13-19-5-3-2-4-6-19/h2-6,8,12,14,17,21-22,24,27,30,36-39H,7,9-11,13,15-16,18,34H2,1H3. The average Bonchev–Trinajstić information content (AvgIpc) is 3.23. The number of carbonyl (C=O) groups is 1. The van der Waals surface area contributed by atoms with Crippen LogP contribution in [0.15, 0.2) is 54.6 Å². The molecule has 0 amide bonds. The van der Waals surface area contributed by atoms with Gasteiger partial charge in [-0.3, -0.25) is 10.5 Å². The van der Waals surface area contributed by atoms with E-state index in [0.29, 0.717) is 12.2 Å². The topological polar surface area (TPSA) is 142 Å². The maximum Gasteiger partial charge on any atom is 0.200 e. The molecular weight excluding hydrogens is 522 g/mol. The number of aromatic hydroxyl groups is 3. The molecule has 2 bridgehead atoms. The van der Waals surface area contributed by atoms with Gasteiger partial charge in [-0.2, -0.15) is 0 Å². The smallest absolute Gasteiger partial charge is 0.200 e. The van der Waals surface area contributed by atoms with Crippen LogP contribution in [0.2, 0.25) is 0 Å². The predicted molar refractivity (Wildman–Crippen MR) is 155 cm³/mol. The Hall–Kier alpha value is -3.75. The minimum absolute atomic E-state index is 0.00879. The van der Waals surface area contributed by atoms with Gasteiger partial charge in [-0.25, -0.2) is 0 Å². The lowest BCUT2D eigenvalue weighted by atomic mass is 9.65. The van der Waals surface area contributed by atoms with E-state index in [0.717, 1.165) is 42.4 Å². The lowest BCUT2D eigenvalue weighted by Gasteiger charge is -2.40. The highest BCUT2D eigenvalue weighted by Gasteiger charge is 2.47. The second kappa shape index (κ2) is 12.4. The van der Waals surface area contributed by atoms with Gasteiger partial charge in [-0.05, 0) is 90.7 Å². The molecule has 3 aromatic carbocycles. The number of methoxy groups -OCH3 is 1. The van der Waals surface area contributed by atoms with Crippen molar-refractivity contribution in [2.45, 2.75) is 62.9 Å². The molecule has 0 aliphatic heterocycles. The van der Waals surface area contributed by atoms with Crippen molar-refractivity contribution in [1.82, 2.24) is 0 Å². The number of aliphatic hydroxyl groups is 1. The fourth-order valence-corrected chi connectivity index (χ4v) is 7.12. The molecule has 6 rings (SSSR count). The predicted octanol–water partition coefficient (Wildman–Crippen LogP) is 4.90. The highest BCUT2D eigenvalue weighted by molar-refractivity contribution is 5.79. The summed E-state index contributed by atoms with van der Waals surface area (Å²) in [5.74, 6) is 0.0595. The molecule has 0 aromatic heterocycles. The number of Topliss-reactive ketones (excluding diaryl/α,β-unsaturated/α-hetero) is 1. The molecule has 5 unspecified atom stereocenters. The van der Waals surface area contributed by atoms with Gasteiger partial charge in [0.05, 0.1) is 13.2 Å². The summed E-state index contributed by atoms with van der Waals surface area (Å²) < 4.78 is 10.8. The lowest BCUT2D eigenvalue weighted by molar-refractivity contribution is -0.121. The van der Waals surface area contributed by atoms with Crippen LogP contribution in [0.4, 0.5) is 0 Å². The van der Waals surface area contributed by atoms with Crippen LogP contribution in [0.1, 0.15) is 66.2 Å². The Labute approximate surface area is 240 Å². The number of rotatable bonds is 11. The van der Waals surface area contributed by atoms with Gasteiger partial charge in [-0.1, -0.05) is 36.4 Å². The highest BCUT2D eigenvalue weighted by Crippen LogP contribution is 2.59. The second-order valence-electron chi connectivity index (χ2n) is 11.4. The van der Waals surface area contributed by atoms with Crippen molar-refractivity contribution >= 4 is 5.78 Å². The Morgan fingerprint density at radius 3 is 2.54 bits per heavy atom. The van der Waals surface area contributed by atoms with E-state index in [-0.39, 0.29) is 72.0 Å². The molecule has 8 heteroatoms. The second-order valence-corrected chi connectivity index (χ2v) is 11.4. The molecule has 0 spiro atoms. The van der Waals surface area contributed by atoms with Crippen molar-refractivity contribution in [3.8, 4) is 28.7 Å². The van der Waals surface area contributed by atoms with Gasteiger partial charge in [0.25, 0.3) is 0 Å². The van der Waals surface area contributed by atoms with Crippen LogP contribution in [0.3, 0.4) is 0 Å². The van der Waals surface area contributed by atoms with E-state index in [4.69, 9.17) is 15.2 Å². The summed E-state index contributed by atoms with van der Waals surface area (Å²) in [6.07, 6.45) is 3.09. The van der Waals surface area contributed by atoms with E-state index in [1.54, 1.807) is 18.2 Å². The number of fused-ring (bicyclic) bond motifs is 3. The summed E-state index contributed by atoms with van der Waals surface area (Å²) in [6.45, 7) is -0.0663. The first-order chi connectivity index (χ1) is 19.8. The number of aliphatic hydroxyl groups excluding tert-OH is 1. The van der Waals surface area contributed by atoms with Gasteiger partial charge in [0.15, 0.2) is 23.0 Å². The normalized spacial score (nSPS) is 22.0. The van der Waals surface area contributed by atoms with Crippen LogP contribution in [-0.4, -0.2) is 46.2 Å². The number of aryl methyl sites for hydroxylation is 1. The Morgan fingerprint density at radius 2 is 1.80 bits per heavy atom. The third-order valence-corrected chi connectivity index (χ3v) is 8.91. The molecule has 1 fully saturated rings. The van der Waals surface area contributed by atoms with Gasteiger partial charge < -0.3 is 29.9 Å². The summed E-state index contributed by atoms with van der Waals surface area (Å²) in [6, 6.07) is 16.8. The molecule has 0 heterocycles. The van der Waals surface area contributed by atoms with Gasteiger partial charge in [0.1, 0.15) is 12.5 Å². The average molecular weight is 562 g/mol. The molecule has 5 atom stereocenters. The Balaban J connectivity index is 1.38. The number of benzene rings is 3. The molecule has 218 valence electrons. The number of phenols is 3. The quantitative estimate of drug-likeness (QED) is 0.164. The Kier molecular flexibility index (Phi) is 8.71. The Bertz CT molecular complexity index is 1380. The first-order valence-electron chi connectivity index (χ1n) is 14.3. The van der Waals surface area contributed by atoms with Crippen molar-refractivity contribution in [2.75, 3.05) is 13.8 Å². The van der Waals surface area contributed by atoms with E-state index < -0.39 is 6.10 Å². The number of carbonyl (C=O) groups excluding carboxylic acids is 1. The van der Waals surface area contributed by atoms with Gasteiger partial charge in [-0.15, -0.1) is 0 Å². The minimum atomic E-state index is -0.853. The number of nitrogens with two attached hydrogens (primary N) is 1. The molecule has 3 aliphatic rings. The molecule has 8 nitrogen and oxygen atoms in total. The molecule has 6 N–H and O–H groups in total. The first kappa shape index (κ1) is 28.8. The van der Waals surface area contributed by atoms with Gasteiger partial charge >= 0.3 is 0 Å². The van der Waals surface area contributed by atoms with Crippen LogP contribution in [0.5, 0.6) is 28.7 Å². The lowest BCUT2D eigenvalue weighted by Crippen LogP contribution is -2.34. The summed E-state index contributed by atoms with van der Waals surface area (Å²) >= 11 is 0. The first-order valence-corrected chi connectivity index (χ1v) is 14.3. The number of hydrogen-bond acceptors (Lipinski definition) is 8. The summed E-state index contributed by atoms with van der Waals surface area (Å²) in [5.41, 5.74) is 9.29. The van der Waals surface area contributed by atoms with E-state index >= 15 is 0 Å². The number of hydrogen-bond donors (Lipinski definition) is 5. The van der Waals surface area contributed by atoms with Crippen molar-refractivity contribution in [3.63, 3.8) is 0 Å². The van der Waals surface area contributed by atoms with Crippen molar-refractivity contribution in [1.29, 1.82) is 0 Å². The molecule has 3 aromatic rings. The molecule has 0 radical (unpaired) electrons. The molecule has 41 heavy (non-hydrogen) atoms. The van der Waals surface area contributed by atoms with Crippen molar-refractivity contribution in [3.05, 3.63) is 76.9 Å². The minimum Gasteiger partial charge on any atom is -0.504 e. The summed E-state index contributed by atoms with van der Waals surface area (Å²) in [5, 5.41) is 42.7. The fourth-order valence-electron chi connectivity index (χ4n) is 7.12. The zero-order valence-corrected chi connectivity index (χ0v) is 23.3. The largest absolute Gasteiger partial charge is 0.504 e. The number of ketones is 1. The van der Waals surface area contributed by atoms with Crippen LogP contribution in [0.25, 0.3) is 0 Å². The van der Waals surface area contributed by atoms with Gasteiger partial charge in [0, 0.05) is 18.4 Å². The van der Waals surface area contributed by atoms with Gasteiger partial charge in [0.2, 0.25) is 5.75 Å². The maximum absolute atomic E-state index is 13.1. The number of phenolic OH excluding ortho intramolecular Hbond substituents is 3. The van der Waals surface area contributed by atoms with Crippen LogP contribution >= 0.6 is 0 Å². The summed E-state index contributed by atoms with van der Waals surface area (Å²) in [7, 11) is 1.50. The van der Waals surface area contributed by atoms with Crippen LogP contribution in [0, 0.1) is 11.8 Å². The monoisotopic (exact) mass is 561 g/mol. The highest BCUT2D eigenvalue weighted by atomic mass is 16.5. The number of ether oxygens (including phenoxy) is 2. The van der Waals surface area contributed by atoms with Crippen LogP contribution in [-0.2, 0) is 17.6 Å². The van der Waals surface area contributed by atoms with E-state index in [9.17, 15) is 25.2 Å². The third kappa shape index (κ3) is 5.99. The van der Waals surface area contributed by atoms with E-state index in [1.807, 2.05) is 18.2 Å². The van der Waals surface area contributed by atoms with E-state index in [1.165, 1.54) is 18.7 Å². The Morgan fingerprint density at radius 1 is 1.02 bits per heavy atom. The van der Waals surface area contributed by atoms with Crippen molar-refractivity contribution in [2.24, 2.45) is 17.6 Å². The maximum atomic E-state index is 13.1. The zero-order chi connectivity index (χ0) is 29.1. The molecule has 1 saturated carbocycles. The zero-order valence-electron chi connectivity index (χ0n) is 23.3. The van der Waals surface area contributed by atoms with E-state index in [2.05, 4.69) is 12.1 Å². The SMILES string of the molecule is COc1c(O)c(O)cc2c1C1CCC(C(O)CC(=O)CCc3ccc(O)c(OCN)c3)C2C(Cc2ccccc2)C1. The van der Waals surface area contributed by atoms with Crippen molar-refractivity contribution < 1.29 is 34.7 Å². The molecule has 3 aliphatic carbocycles. The summed E-state index contributed by atoms with van der Waals surface area (Å²) in [4.78, 5) is 13.1. The van der Waals surface area contributed by atoms with Crippen LogP contribution < -0.4 is 15.2 Å². The molecular formula is C33H39NO7. The fraction of sp³-hybridized carbons (Fsp3) is 0.424.